The quantitative estimate of drug-likeness (QED) is 0.872. The van der Waals surface area contributed by atoms with Gasteiger partial charge in [-0.25, -0.2) is 4.39 Å². The molecule has 0 aromatic heterocycles. The second-order valence-corrected chi connectivity index (χ2v) is 4.77. The Morgan fingerprint density at radius 3 is 2.55 bits per heavy atom. The highest BCUT2D eigenvalue weighted by atomic mass is 19.1. The van der Waals surface area contributed by atoms with Crippen molar-refractivity contribution >= 4 is 11.6 Å². The van der Waals surface area contributed by atoms with E-state index in [0.717, 1.165) is 5.56 Å². The standard InChI is InChI=1S/C16H17FN2O/c1-11(12-5-4-8-15(18)10-12)19(2)16(20)13-6-3-7-14(17)9-13/h3-11H,18H2,1-2H3. The van der Waals surface area contributed by atoms with Gasteiger partial charge in [0.1, 0.15) is 5.82 Å². The minimum Gasteiger partial charge on any atom is -0.399 e. The summed E-state index contributed by atoms with van der Waals surface area (Å²) in [6.07, 6.45) is 0. The lowest BCUT2D eigenvalue weighted by atomic mass is 10.1. The molecule has 0 radical (unpaired) electrons. The van der Waals surface area contributed by atoms with Crippen molar-refractivity contribution < 1.29 is 9.18 Å². The van der Waals surface area contributed by atoms with Gasteiger partial charge in [0.2, 0.25) is 0 Å². The van der Waals surface area contributed by atoms with Crippen LogP contribution in [-0.2, 0) is 0 Å². The van der Waals surface area contributed by atoms with Crippen LogP contribution in [0, 0.1) is 5.82 Å². The lowest BCUT2D eigenvalue weighted by Crippen LogP contribution is -2.29. The highest BCUT2D eigenvalue weighted by molar-refractivity contribution is 5.94. The van der Waals surface area contributed by atoms with Gasteiger partial charge in [-0.2, -0.15) is 0 Å². The zero-order chi connectivity index (χ0) is 14.7. The first-order chi connectivity index (χ1) is 9.49. The van der Waals surface area contributed by atoms with Crippen molar-refractivity contribution in [3.63, 3.8) is 0 Å². The highest BCUT2D eigenvalue weighted by Gasteiger charge is 2.19. The summed E-state index contributed by atoms with van der Waals surface area (Å²) in [7, 11) is 1.70. The third-order valence-electron chi connectivity index (χ3n) is 3.37. The van der Waals surface area contributed by atoms with E-state index in [-0.39, 0.29) is 11.9 Å². The number of carbonyl (C=O) groups is 1. The van der Waals surface area contributed by atoms with E-state index in [2.05, 4.69) is 0 Å². The number of hydrogen-bond donors (Lipinski definition) is 1. The van der Waals surface area contributed by atoms with Crippen LogP contribution >= 0.6 is 0 Å². The molecule has 2 N–H and O–H groups in total. The van der Waals surface area contributed by atoms with E-state index in [1.54, 1.807) is 24.1 Å². The molecule has 1 amide bonds. The van der Waals surface area contributed by atoms with Crippen molar-refractivity contribution in [1.29, 1.82) is 0 Å². The second kappa shape index (κ2) is 5.74. The summed E-state index contributed by atoms with van der Waals surface area (Å²) in [5.41, 5.74) is 7.68. The Morgan fingerprint density at radius 1 is 1.20 bits per heavy atom. The van der Waals surface area contributed by atoms with Gasteiger partial charge in [0.05, 0.1) is 6.04 Å². The molecule has 0 aliphatic carbocycles. The van der Waals surface area contributed by atoms with Gasteiger partial charge in [-0.15, -0.1) is 0 Å². The van der Waals surface area contributed by atoms with Crippen molar-refractivity contribution in [2.45, 2.75) is 13.0 Å². The Balaban J connectivity index is 2.22. The Labute approximate surface area is 117 Å². The average molecular weight is 272 g/mol. The van der Waals surface area contributed by atoms with E-state index < -0.39 is 5.82 Å². The van der Waals surface area contributed by atoms with E-state index in [4.69, 9.17) is 5.73 Å². The van der Waals surface area contributed by atoms with Crippen molar-refractivity contribution in [3.05, 3.63) is 65.5 Å². The molecule has 3 nitrogen and oxygen atoms in total. The van der Waals surface area contributed by atoms with E-state index >= 15 is 0 Å². The lowest BCUT2D eigenvalue weighted by Gasteiger charge is -2.25. The molecule has 0 aliphatic rings. The molecule has 0 bridgehead atoms. The molecule has 1 atom stereocenters. The normalized spacial score (nSPS) is 11.9. The Hall–Kier alpha value is -2.36. The van der Waals surface area contributed by atoms with Crippen molar-refractivity contribution in [1.82, 2.24) is 4.90 Å². The largest absolute Gasteiger partial charge is 0.399 e. The molecule has 104 valence electrons. The van der Waals surface area contributed by atoms with Crippen LogP contribution in [0.15, 0.2) is 48.5 Å². The van der Waals surface area contributed by atoms with E-state index in [1.165, 1.54) is 18.2 Å². The van der Waals surface area contributed by atoms with Crippen LogP contribution in [0.5, 0.6) is 0 Å². The smallest absolute Gasteiger partial charge is 0.254 e. The molecule has 0 heterocycles. The zero-order valence-corrected chi connectivity index (χ0v) is 11.5. The summed E-state index contributed by atoms with van der Waals surface area (Å²) in [6, 6.07) is 12.9. The molecule has 4 heteroatoms. The van der Waals surface area contributed by atoms with Crippen LogP contribution in [0.3, 0.4) is 0 Å². The molecule has 2 rings (SSSR count). The molecule has 0 saturated carbocycles. The van der Waals surface area contributed by atoms with Crippen LogP contribution in [0.1, 0.15) is 28.9 Å². The molecule has 0 fully saturated rings. The molecule has 1 unspecified atom stereocenters. The van der Waals surface area contributed by atoms with Gasteiger partial charge in [0.15, 0.2) is 0 Å². The van der Waals surface area contributed by atoms with Gasteiger partial charge < -0.3 is 10.6 Å². The maximum atomic E-state index is 13.2. The Bertz CT molecular complexity index is 627. The van der Waals surface area contributed by atoms with Crippen LogP contribution in [-0.4, -0.2) is 17.9 Å². The molecular weight excluding hydrogens is 255 g/mol. The number of hydrogen-bond acceptors (Lipinski definition) is 2. The van der Waals surface area contributed by atoms with Crippen molar-refractivity contribution in [2.75, 3.05) is 12.8 Å². The van der Waals surface area contributed by atoms with Crippen LogP contribution in [0.25, 0.3) is 0 Å². The first kappa shape index (κ1) is 14.1. The molecule has 0 aliphatic heterocycles. The Kier molecular flexibility index (Phi) is 4.03. The van der Waals surface area contributed by atoms with E-state index in [0.29, 0.717) is 11.3 Å². The molecule has 20 heavy (non-hydrogen) atoms. The fraction of sp³-hybridized carbons (Fsp3) is 0.188. The summed E-state index contributed by atoms with van der Waals surface area (Å²) in [5.74, 6) is -0.639. The van der Waals surface area contributed by atoms with Gasteiger partial charge in [-0.05, 0) is 42.8 Å². The van der Waals surface area contributed by atoms with E-state index in [9.17, 15) is 9.18 Å². The third kappa shape index (κ3) is 2.96. The first-order valence-corrected chi connectivity index (χ1v) is 6.37. The topological polar surface area (TPSA) is 46.3 Å². The number of benzene rings is 2. The number of nitrogens with two attached hydrogens (primary N) is 1. The fourth-order valence-electron chi connectivity index (χ4n) is 2.04. The number of anilines is 1. The van der Waals surface area contributed by atoms with Gasteiger partial charge in [-0.1, -0.05) is 18.2 Å². The minimum atomic E-state index is -0.416. The highest BCUT2D eigenvalue weighted by Crippen LogP contribution is 2.22. The number of nitrogen functional groups attached to an aromatic ring is 1. The number of carbonyl (C=O) groups excluding carboxylic acids is 1. The SMILES string of the molecule is CC(c1cccc(N)c1)N(C)C(=O)c1cccc(F)c1. The maximum absolute atomic E-state index is 13.2. The molecule has 0 spiro atoms. The number of halogens is 1. The maximum Gasteiger partial charge on any atom is 0.254 e. The number of amides is 1. The summed E-state index contributed by atoms with van der Waals surface area (Å²) >= 11 is 0. The molecular formula is C16H17FN2O. The fourth-order valence-corrected chi connectivity index (χ4v) is 2.04. The van der Waals surface area contributed by atoms with Gasteiger partial charge >= 0.3 is 0 Å². The van der Waals surface area contributed by atoms with Gasteiger partial charge in [-0.3, -0.25) is 4.79 Å². The molecule has 0 saturated heterocycles. The van der Waals surface area contributed by atoms with Crippen LogP contribution in [0.2, 0.25) is 0 Å². The van der Waals surface area contributed by atoms with Gasteiger partial charge in [0.25, 0.3) is 5.91 Å². The predicted molar refractivity (Wildman–Crippen MR) is 77.8 cm³/mol. The zero-order valence-electron chi connectivity index (χ0n) is 11.5. The monoisotopic (exact) mass is 272 g/mol. The van der Waals surface area contributed by atoms with Crippen molar-refractivity contribution in [3.8, 4) is 0 Å². The molecule has 2 aromatic rings. The van der Waals surface area contributed by atoms with Gasteiger partial charge in [0, 0.05) is 18.3 Å². The van der Waals surface area contributed by atoms with Crippen molar-refractivity contribution in [2.24, 2.45) is 0 Å². The van der Waals surface area contributed by atoms with Crippen LogP contribution < -0.4 is 5.73 Å². The third-order valence-corrected chi connectivity index (χ3v) is 3.37. The summed E-state index contributed by atoms with van der Waals surface area (Å²) in [6.45, 7) is 1.91. The second-order valence-electron chi connectivity index (χ2n) is 4.77. The predicted octanol–water partition coefficient (Wildman–Crippen LogP) is 3.24. The van der Waals surface area contributed by atoms with Crippen LogP contribution in [0.4, 0.5) is 10.1 Å². The number of rotatable bonds is 3. The minimum absolute atomic E-state index is 0.144. The first-order valence-electron chi connectivity index (χ1n) is 6.37. The summed E-state index contributed by atoms with van der Waals surface area (Å²) < 4.78 is 13.2. The number of nitrogens with zero attached hydrogens (tertiary/aromatic N) is 1. The Morgan fingerprint density at radius 2 is 1.90 bits per heavy atom. The average Bonchev–Trinajstić information content (AvgIpc) is 2.45. The molecule has 2 aromatic carbocycles. The van der Waals surface area contributed by atoms with E-state index in [1.807, 2.05) is 25.1 Å². The lowest BCUT2D eigenvalue weighted by molar-refractivity contribution is 0.0742. The summed E-state index contributed by atoms with van der Waals surface area (Å²) in [4.78, 5) is 13.9. The summed E-state index contributed by atoms with van der Waals surface area (Å²) in [5, 5.41) is 0.